The molecule has 0 saturated carbocycles. The molecule has 0 spiro atoms. The van der Waals surface area contributed by atoms with Gasteiger partial charge in [0.25, 0.3) is 0 Å². The summed E-state index contributed by atoms with van der Waals surface area (Å²) in [6, 6.07) is 0. The monoisotopic (exact) mass is 200 g/mol. The summed E-state index contributed by atoms with van der Waals surface area (Å²) in [6.07, 6.45) is 1.90. The highest BCUT2D eigenvalue weighted by molar-refractivity contribution is 5.81. The molecule has 80 valence electrons. The molecular formula is C10H16O4. The van der Waals surface area contributed by atoms with Crippen LogP contribution in [-0.2, 0) is 19.0 Å². The van der Waals surface area contributed by atoms with Gasteiger partial charge in [0.05, 0.1) is 19.8 Å². The number of carbonyl (C=O) groups is 1. The van der Waals surface area contributed by atoms with Gasteiger partial charge in [-0.2, -0.15) is 0 Å². The van der Waals surface area contributed by atoms with E-state index in [-0.39, 0.29) is 12.2 Å². The Hall–Kier alpha value is -0.870. The number of esters is 1. The molecule has 0 atom stereocenters. The fourth-order valence-electron chi connectivity index (χ4n) is 1.17. The average Bonchev–Trinajstić information content (AvgIpc) is 2.26. The highest BCUT2D eigenvalue weighted by Crippen LogP contribution is 2.13. The Balaban J connectivity index is 2.16. The van der Waals surface area contributed by atoms with Crippen LogP contribution in [0.15, 0.2) is 12.7 Å². The van der Waals surface area contributed by atoms with Crippen LogP contribution in [0.1, 0.15) is 13.3 Å². The standard InChI is InChI=1S/C10H16O4/c1-3-9(11)12-5-8-6-13-10(4-2)14-7-8/h3,8,10H,1,4-7H2,2H3. The Labute approximate surface area is 83.8 Å². The minimum absolute atomic E-state index is 0.0960. The van der Waals surface area contributed by atoms with E-state index in [0.29, 0.717) is 19.8 Å². The molecule has 0 unspecified atom stereocenters. The smallest absolute Gasteiger partial charge is 0.330 e. The van der Waals surface area contributed by atoms with Gasteiger partial charge < -0.3 is 14.2 Å². The van der Waals surface area contributed by atoms with Crippen LogP contribution in [0.3, 0.4) is 0 Å². The van der Waals surface area contributed by atoms with Crippen molar-refractivity contribution in [3.05, 3.63) is 12.7 Å². The van der Waals surface area contributed by atoms with E-state index in [4.69, 9.17) is 14.2 Å². The van der Waals surface area contributed by atoms with E-state index in [1.165, 1.54) is 0 Å². The molecule has 0 bridgehead atoms. The van der Waals surface area contributed by atoms with E-state index in [2.05, 4.69) is 6.58 Å². The molecule has 0 aromatic rings. The summed E-state index contributed by atoms with van der Waals surface area (Å²) in [5.41, 5.74) is 0. The number of hydrogen-bond donors (Lipinski definition) is 0. The summed E-state index contributed by atoms with van der Waals surface area (Å²) < 4.78 is 15.6. The third-order valence-corrected chi connectivity index (χ3v) is 2.00. The van der Waals surface area contributed by atoms with Gasteiger partial charge in [-0.1, -0.05) is 13.5 Å². The third-order valence-electron chi connectivity index (χ3n) is 2.00. The Morgan fingerprint density at radius 2 is 2.21 bits per heavy atom. The quantitative estimate of drug-likeness (QED) is 0.504. The van der Waals surface area contributed by atoms with E-state index in [0.717, 1.165) is 12.5 Å². The molecule has 14 heavy (non-hydrogen) atoms. The lowest BCUT2D eigenvalue weighted by molar-refractivity contribution is -0.207. The molecule has 0 aliphatic carbocycles. The highest BCUT2D eigenvalue weighted by atomic mass is 16.7. The molecule has 1 rings (SSSR count). The van der Waals surface area contributed by atoms with Gasteiger partial charge in [0.15, 0.2) is 6.29 Å². The maximum atomic E-state index is 10.8. The normalized spacial score (nSPS) is 26.9. The van der Waals surface area contributed by atoms with Gasteiger partial charge in [-0.25, -0.2) is 4.79 Å². The van der Waals surface area contributed by atoms with Gasteiger partial charge in [0, 0.05) is 12.0 Å². The van der Waals surface area contributed by atoms with Crippen LogP contribution in [0.5, 0.6) is 0 Å². The summed E-state index contributed by atoms with van der Waals surface area (Å²) in [7, 11) is 0. The summed E-state index contributed by atoms with van der Waals surface area (Å²) in [5.74, 6) is -0.260. The summed E-state index contributed by atoms with van der Waals surface area (Å²) in [4.78, 5) is 10.8. The Morgan fingerprint density at radius 1 is 1.57 bits per heavy atom. The second kappa shape index (κ2) is 5.78. The van der Waals surface area contributed by atoms with Crippen molar-refractivity contribution in [2.24, 2.45) is 5.92 Å². The van der Waals surface area contributed by atoms with Gasteiger partial charge >= 0.3 is 5.97 Å². The Kier molecular flexibility index (Phi) is 4.62. The number of hydrogen-bond acceptors (Lipinski definition) is 4. The van der Waals surface area contributed by atoms with Crippen molar-refractivity contribution in [1.29, 1.82) is 0 Å². The molecule has 0 N–H and O–H groups in total. The maximum Gasteiger partial charge on any atom is 0.330 e. The van der Waals surface area contributed by atoms with Crippen LogP contribution >= 0.6 is 0 Å². The molecule has 0 radical (unpaired) electrons. The number of rotatable bonds is 4. The second-order valence-corrected chi connectivity index (χ2v) is 3.20. The SMILES string of the molecule is C=CC(=O)OCC1COC(CC)OC1. The molecule has 4 heteroatoms. The van der Waals surface area contributed by atoms with E-state index >= 15 is 0 Å². The average molecular weight is 200 g/mol. The highest BCUT2D eigenvalue weighted by Gasteiger charge is 2.21. The maximum absolute atomic E-state index is 10.8. The van der Waals surface area contributed by atoms with Crippen LogP contribution < -0.4 is 0 Å². The van der Waals surface area contributed by atoms with Crippen LogP contribution in [0.2, 0.25) is 0 Å². The lowest BCUT2D eigenvalue weighted by Crippen LogP contribution is -2.34. The van der Waals surface area contributed by atoms with Gasteiger partial charge in [-0.15, -0.1) is 0 Å². The number of ether oxygens (including phenoxy) is 3. The molecule has 1 aliphatic heterocycles. The van der Waals surface area contributed by atoms with E-state index in [1.54, 1.807) is 0 Å². The Morgan fingerprint density at radius 3 is 2.71 bits per heavy atom. The van der Waals surface area contributed by atoms with Gasteiger partial charge in [-0.05, 0) is 6.42 Å². The van der Waals surface area contributed by atoms with Crippen LogP contribution in [0, 0.1) is 5.92 Å². The fourth-order valence-corrected chi connectivity index (χ4v) is 1.17. The molecule has 0 aromatic carbocycles. The van der Waals surface area contributed by atoms with Crippen LogP contribution in [-0.4, -0.2) is 32.1 Å². The number of carbonyl (C=O) groups excluding carboxylic acids is 1. The molecule has 1 fully saturated rings. The van der Waals surface area contributed by atoms with E-state index < -0.39 is 5.97 Å². The fraction of sp³-hybridized carbons (Fsp3) is 0.700. The first kappa shape index (κ1) is 11.2. The first-order chi connectivity index (χ1) is 6.76. The molecule has 0 aromatic heterocycles. The summed E-state index contributed by atoms with van der Waals surface area (Å²) in [6.45, 7) is 6.82. The first-order valence-corrected chi connectivity index (χ1v) is 4.78. The molecule has 1 heterocycles. The molecular weight excluding hydrogens is 184 g/mol. The molecule has 1 saturated heterocycles. The summed E-state index contributed by atoms with van der Waals surface area (Å²) in [5, 5.41) is 0. The zero-order valence-electron chi connectivity index (χ0n) is 8.40. The van der Waals surface area contributed by atoms with Gasteiger partial charge in [-0.3, -0.25) is 0 Å². The van der Waals surface area contributed by atoms with Gasteiger partial charge in [0.2, 0.25) is 0 Å². The predicted octanol–water partition coefficient (Wildman–Crippen LogP) is 1.11. The third kappa shape index (κ3) is 3.47. The van der Waals surface area contributed by atoms with Crippen molar-refractivity contribution in [1.82, 2.24) is 0 Å². The second-order valence-electron chi connectivity index (χ2n) is 3.20. The van der Waals surface area contributed by atoms with Crippen LogP contribution in [0.4, 0.5) is 0 Å². The van der Waals surface area contributed by atoms with Gasteiger partial charge in [0.1, 0.15) is 0 Å². The topological polar surface area (TPSA) is 44.8 Å². The van der Waals surface area contributed by atoms with Crippen molar-refractivity contribution >= 4 is 5.97 Å². The first-order valence-electron chi connectivity index (χ1n) is 4.78. The minimum Gasteiger partial charge on any atom is -0.462 e. The van der Waals surface area contributed by atoms with Crippen molar-refractivity contribution in [2.45, 2.75) is 19.6 Å². The van der Waals surface area contributed by atoms with E-state index in [1.807, 2.05) is 6.92 Å². The van der Waals surface area contributed by atoms with Crippen molar-refractivity contribution in [3.63, 3.8) is 0 Å². The predicted molar refractivity (Wildman–Crippen MR) is 50.6 cm³/mol. The lowest BCUT2D eigenvalue weighted by Gasteiger charge is -2.28. The van der Waals surface area contributed by atoms with Crippen molar-refractivity contribution < 1.29 is 19.0 Å². The molecule has 0 amide bonds. The lowest BCUT2D eigenvalue weighted by atomic mass is 10.2. The zero-order chi connectivity index (χ0) is 10.4. The largest absolute Gasteiger partial charge is 0.462 e. The van der Waals surface area contributed by atoms with Crippen molar-refractivity contribution in [3.8, 4) is 0 Å². The Bertz CT molecular complexity index is 194. The molecule has 1 aliphatic rings. The molecule has 4 nitrogen and oxygen atoms in total. The minimum atomic E-state index is -0.400. The van der Waals surface area contributed by atoms with Crippen LogP contribution in [0.25, 0.3) is 0 Å². The van der Waals surface area contributed by atoms with E-state index in [9.17, 15) is 4.79 Å². The van der Waals surface area contributed by atoms with Crippen molar-refractivity contribution in [2.75, 3.05) is 19.8 Å². The zero-order valence-corrected chi connectivity index (χ0v) is 8.40. The summed E-state index contributed by atoms with van der Waals surface area (Å²) >= 11 is 0.